The zero-order chi connectivity index (χ0) is 11.8. The normalized spacial score (nSPS) is 12.0. The Morgan fingerprint density at radius 1 is 0.765 bits per heavy atom. The summed E-state index contributed by atoms with van der Waals surface area (Å²) in [5, 5.41) is 1.43. The van der Waals surface area contributed by atoms with Gasteiger partial charge in [0.15, 0.2) is 14.5 Å². The monoisotopic (exact) mass is 239 g/mol. The van der Waals surface area contributed by atoms with Crippen molar-refractivity contribution in [1.82, 2.24) is 0 Å². The third-order valence-electron chi connectivity index (χ3n) is 3.32. The Labute approximate surface area is 105 Å². The van der Waals surface area contributed by atoms with Crippen molar-refractivity contribution in [2.24, 2.45) is 0 Å². The summed E-state index contributed by atoms with van der Waals surface area (Å²) in [7, 11) is 0.139. The molecular weight excluding hydrogens is 224 g/mol. The summed E-state index contributed by atoms with van der Waals surface area (Å²) in [4.78, 5) is 2.94. The third-order valence-corrected chi connectivity index (χ3v) is 5.78. The molecule has 1 atom stereocenters. The van der Waals surface area contributed by atoms with Crippen molar-refractivity contribution in [1.29, 1.82) is 0 Å². The van der Waals surface area contributed by atoms with Gasteiger partial charge in [-0.05, 0) is 31.2 Å². The summed E-state index contributed by atoms with van der Waals surface area (Å²) < 4.78 is 1.48. The molecule has 1 heterocycles. The largest absolute Gasteiger partial charge is 0.187 e. The lowest BCUT2D eigenvalue weighted by Crippen LogP contribution is -1.72. The highest BCUT2D eigenvalue weighted by Crippen LogP contribution is 2.45. The third kappa shape index (κ3) is 1.58. The van der Waals surface area contributed by atoms with Gasteiger partial charge in [0.1, 0.15) is 0 Å². The molecule has 3 aromatic rings. The van der Waals surface area contributed by atoms with Gasteiger partial charge in [-0.25, -0.2) is 0 Å². The summed E-state index contributed by atoms with van der Waals surface area (Å²) in [5.74, 6) is 0. The first-order valence-corrected chi connectivity index (χ1v) is 7.08. The molecule has 0 nitrogen and oxygen atoms in total. The minimum Gasteiger partial charge on any atom is -0.0619 e. The predicted octanol–water partition coefficient (Wildman–Crippen LogP) is 5.19. The van der Waals surface area contributed by atoms with Gasteiger partial charge in [0, 0.05) is 28.3 Å². The Balaban J connectivity index is 2.41. The summed E-state index contributed by atoms with van der Waals surface area (Å²) in [5.41, 5.74) is 1.45. The molecule has 0 aliphatic heterocycles. The molecule has 17 heavy (non-hydrogen) atoms. The lowest BCUT2D eigenvalue weighted by Gasteiger charge is -1.92. The fourth-order valence-corrected chi connectivity index (χ4v) is 4.76. The summed E-state index contributed by atoms with van der Waals surface area (Å²) in [6.07, 6.45) is 0. The average Bonchev–Trinajstić information content (AvgIpc) is 2.64. The van der Waals surface area contributed by atoms with Gasteiger partial charge in [-0.3, -0.25) is 0 Å². The van der Waals surface area contributed by atoms with Crippen LogP contribution in [0.5, 0.6) is 0 Å². The zero-order valence-corrected chi connectivity index (χ0v) is 10.9. The van der Waals surface area contributed by atoms with E-state index >= 15 is 0 Å². The van der Waals surface area contributed by atoms with Gasteiger partial charge in [-0.15, -0.1) is 0 Å². The molecule has 84 valence electrons. The average molecular weight is 239 g/mol. The number of hydrogen-bond donors (Lipinski definition) is 0. The van der Waals surface area contributed by atoms with Crippen molar-refractivity contribution >= 4 is 20.6 Å². The maximum absolute atomic E-state index is 2.27. The van der Waals surface area contributed by atoms with Gasteiger partial charge in [0.2, 0.25) is 0 Å². The second-order valence-corrected chi connectivity index (χ2v) is 6.43. The fraction of sp³-hybridized carbons (Fsp3) is 0.125. The van der Waals surface area contributed by atoms with Crippen LogP contribution in [0.3, 0.4) is 0 Å². The molecule has 0 aliphatic carbocycles. The number of benzene rings is 2. The molecule has 0 saturated carbocycles. The maximum atomic E-state index is 2.27. The van der Waals surface area contributed by atoms with E-state index < -0.39 is 0 Å². The number of aryl methyl sites for hydroxylation is 1. The van der Waals surface area contributed by atoms with E-state index in [-0.39, 0.29) is 10.5 Å². The van der Waals surface area contributed by atoms with Crippen LogP contribution in [0.25, 0.3) is 15.0 Å². The highest BCUT2D eigenvalue weighted by molar-refractivity contribution is 7.45. The fourth-order valence-electron chi connectivity index (χ4n) is 2.32. The Kier molecular flexibility index (Phi) is 2.49. The molecule has 1 aromatic heterocycles. The van der Waals surface area contributed by atoms with E-state index in [1.165, 1.54) is 25.4 Å². The molecule has 0 spiro atoms. The van der Waals surface area contributed by atoms with Crippen molar-refractivity contribution in [2.75, 3.05) is 0 Å². The van der Waals surface area contributed by atoms with Gasteiger partial charge in [-0.1, -0.05) is 30.3 Å². The Morgan fingerprint density at radius 2 is 1.41 bits per heavy atom. The molecule has 0 amide bonds. The first-order valence-electron chi connectivity index (χ1n) is 5.85. The highest BCUT2D eigenvalue weighted by Gasteiger charge is 2.23. The minimum atomic E-state index is 0.139. The van der Waals surface area contributed by atoms with Gasteiger partial charge in [-0.2, -0.15) is 0 Å². The van der Waals surface area contributed by atoms with E-state index in [1.54, 1.807) is 0 Å². The van der Waals surface area contributed by atoms with E-state index in [9.17, 15) is 0 Å². The van der Waals surface area contributed by atoms with Crippen LogP contribution in [0, 0.1) is 13.8 Å². The van der Waals surface area contributed by atoms with Crippen LogP contribution in [0.1, 0.15) is 10.4 Å². The highest BCUT2D eigenvalue weighted by atomic mass is 32.2. The van der Waals surface area contributed by atoms with Gasteiger partial charge < -0.3 is 0 Å². The van der Waals surface area contributed by atoms with Crippen molar-refractivity contribution in [3.63, 3.8) is 0 Å². The van der Waals surface area contributed by atoms with Gasteiger partial charge in [0.05, 0.1) is 0 Å². The number of fused-ring (bicyclic) bond motifs is 1. The molecule has 0 aliphatic rings. The van der Waals surface area contributed by atoms with Crippen LogP contribution in [-0.4, -0.2) is 0 Å². The predicted molar refractivity (Wildman–Crippen MR) is 77.2 cm³/mol. The van der Waals surface area contributed by atoms with Crippen LogP contribution in [0.4, 0.5) is 0 Å². The standard InChI is InChI=1S/C16H15S/c1-12-13(2)17(14-8-4-3-5-9-14)16-11-7-6-10-15(12)16/h3-11H,1-2H3/q+1. The van der Waals surface area contributed by atoms with E-state index in [4.69, 9.17) is 0 Å². The molecule has 0 radical (unpaired) electrons. The minimum absolute atomic E-state index is 0.139. The molecule has 2 aromatic carbocycles. The molecule has 1 heteroatoms. The Hall–Kier alpha value is -1.60. The second-order valence-electron chi connectivity index (χ2n) is 4.30. The molecular formula is C16H15S+. The molecule has 3 rings (SSSR count). The van der Waals surface area contributed by atoms with Crippen LogP contribution >= 0.6 is 10.5 Å². The number of hydrogen-bond acceptors (Lipinski definition) is 0. The molecule has 0 fully saturated rings. The summed E-state index contributed by atoms with van der Waals surface area (Å²) in [6.45, 7) is 4.51. The van der Waals surface area contributed by atoms with Gasteiger partial charge >= 0.3 is 0 Å². The molecule has 1 unspecified atom stereocenters. The lowest BCUT2D eigenvalue weighted by molar-refractivity contribution is 1.47. The van der Waals surface area contributed by atoms with Crippen molar-refractivity contribution in [3.05, 3.63) is 65.0 Å². The quantitative estimate of drug-likeness (QED) is 0.512. The van der Waals surface area contributed by atoms with Crippen LogP contribution in [0.2, 0.25) is 0 Å². The van der Waals surface area contributed by atoms with E-state index in [0.29, 0.717) is 0 Å². The SMILES string of the molecule is Cc1c(C)[s+](-c2ccccc2)c2ccccc12. The number of rotatable bonds is 1. The van der Waals surface area contributed by atoms with E-state index in [2.05, 4.69) is 68.4 Å². The first-order chi connectivity index (χ1) is 8.29. The summed E-state index contributed by atoms with van der Waals surface area (Å²) >= 11 is 0. The van der Waals surface area contributed by atoms with Crippen molar-refractivity contribution < 1.29 is 0 Å². The van der Waals surface area contributed by atoms with Crippen molar-refractivity contribution in [3.8, 4) is 4.90 Å². The zero-order valence-electron chi connectivity index (χ0n) is 10.1. The first kappa shape index (κ1) is 10.5. The van der Waals surface area contributed by atoms with Gasteiger partial charge in [0.25, 0.3) is 0 Å². The topological polar surface area (TPSA) is 0 Å². The maximum Gasteiger partial charge on any atom is 0.187 e. The van der Waals surface area contributed by atoms with Crippen LogP contribution < -0.4 is 0 Å². The van der Waals surface area contributed by atoms with Crippen LogP contribution in [-0.2, 0) is 0 Å². The van der Waals surface area contributed by atoms with Crippen molar-refractivity contribution in [2.45, 2.75) is 13.8 Å². The molecule has 0 N–H and O–H groups in total. The molecule has 0 bridgehead atoms. The smallest absolute Gasteiger partial charge is 0.0619 e. The Bertz CT molecular complexity index is 663. The summed E-state index contributed by atoms with van der Waals surface area (Å²) in [6, 6.07) is 19.6. The second kappa shape index (κ2) is 4.01. The van der Waals surface area contributed by atoms with E-state index in [0.717, 1.165) is 0 Å². The van der Waals surface area contributed by atoms with Crippen LogP contribution in [0.15, 0.2) is 54.6 Å². The molecule has 0 saturated heterocycles. The Morgan fingerprint density at radius 3 is 2.18 bits per heavy atom. The number of thiophene rings is 1. The lowest BCUT2D eigenvalue weighted by atomic mass is 10.2. The van der Waals surface area contributed by atoms with E-state index in [1.807, 2.05) is 0 Å².